The van der Waals surface area contributed by atoms with E-state index in [2.05, 4.69) is 0 Å². The summed E-state index contributed by atoms with van der Waals surface area (Å²) in [7, 11) is 0. The average molecular weight is 403 g/mol. The number of hydrogen-bond donors (Lipinski definition) is 0. The standard InChI is InChI=1S/3HNO2.H2N.3H2O.Pt/c3*2-1-3;;;;;/h3*(H,2,3);4*1H2;/q;;;-1;;;;/p-3. The molecule has 0 radical (unpaired) electrons. The van der Waals surface area contributed by atoms with Gasteiger partial charge in [-0.2, -0.15) is 0 Å². The fourth-order valence-electron chi connectivity index (χ4n) is 0. The Bertz CT molecular complexity index is 53.6. The third kappa shape index (κ3) is 628. The smallest absolute Gasteiger partial charge is 0 e. The van der Waals surface area contributed by atoms with Crippen molar-refractivity contribution < 1.29 is 37.5 Å². The van der Waals surface area contributed by atoms with Crippen molar-refractivity contribution in [3.8, 4) is 0 Å². The molecule has 0 amide bonds. The van der Waals surface area contributed by atoms with Gasteiger partial charge in [0.15, 0.2) is 0 Å². The van der Waals surface area contributed by atoms with E-state index in [4.69, 9.17) is 30.3 Å². The summed E-state index contributed by atoms with van der Waals surface area (Å²) in [5, 5.41) is 27.0. The van der Waals surface area contributed by atoms with E-state index in [0.717, 1.165) is 16.0 Å². The van der Waals surface area contributed by atoms with Crippen molar-refractivity contribution in [1.29, 1.82) is 0 Å². The summed E-state index contributed by atoms with van der Waals surface area (Å²) >= 11 is 0. The minimum Gasteiger partial charge on any atom is -0.693 e. The SMILES string of the molecule is O.O.O.O=N[O-].O=N[O-].O=N[O-].[NH2-].[Pt]. The second kappa shape index (κ2) is 452. The molecule has 0 aromatic carbocycles. The van der Waals surface area contributed by atoms with Gasteiger partial charge in [0.1, 0.15) is 0 Å². The first-order valence-corrected chi connectivity index (χ1v) is 1.10. The molecule has 0 saturated carbocycles. The zero-order chi connectivity index (χ0) is 8.12. The van der Waals surface area contributed by atoms with Crippen LogP contribution in [0, 0.1) is 30.3 Å². The van der Waals surface area contributed by atoms with E-state index >= 15 is 0 Å². The maximum Gasteiger partial charge on any atom is 0 e. The van der Waals surface area contributed by atoms with E-state index in [1.165, 1.54) is 0 Å². The third-order valence-corrected chi connectivity index (χ3v) is 0. The molecular formula is H8N4O9Pt-4. The second-order valence-electron chi connectivity index (χ2n) is 0.224. The Labute approximate surface area is 90.7 Å². The first-order chi connectivity index (χ1) is 4.24. The normalized spacial score (nSPS) is 2.57. The van der Waals surface area contributed by atoms with Gasteiger partial charge >= 0.3 is 0 Å². The van der Waals surface area contributed by atoms with E-state index in [1.54, 1.807) is 0 Å². The van der Waals surface area contributed by atoms with Crippen molar-refractivity contribution in [3.63, 3.8) is 0 Å². The summed E-state index contributed by atoms with van der Waals surface area (Å²) in [5.74, 6) is 0. The number of nitrogens with zero attached hydrogens (tertiary/aromatic N) is 3. The Morgan fingerprint density at radius 2 is 0.643 bits per heavy atom. The molecule has 0 aliphatic rings. The molecule has 0 atom stereocenters. The number of nitrogens with two attached hydrogens (primary N) is 1. The molecule has 0 heterocycles. The second-order valence-corrected chi connectivity index (χ2v) is 0.224. The predicted molar refractivity (Wildman–Crippen MR) is 43.6 cm³/mol. The van der Waals surface area contributed by atoms with Gasteiger partial charge < -0.3 is 52.9 Å². The van der Waals surface area contributed by atoms with Crippen LogP contribution in [0.25, 0.3) is 6.15 Å². The van der Waals surface area contributed by atoms with E-state index in [0.29, 0.717) is 0 Å². The maximum atomic E-state index is 8.00. The van der Waals surface area contributed by atoms with Gasteiger partial charge in [-0.3, -0.25) is 0 Å². The molecule has 0 saturated heterocycles. The van der Waals surface area contributed by atoms with Crippen molar-refractivity contribution in [2.45, 2.75) is 0 Å². The topological polar surface area (TPSA) is 285 Å². The fourth-order valence-corrected chi connectivity index (χ4v) is 0. The van der Waals surface area contributed by atoms with Crippen LogP contribution in [0.15, 0.2) is 16.0 Å². The van der Waals surface area contributed by atoms with Gasteiger partial charge in [-0.15, -0.1) is 16.0 Å². The summed E-state index contributed by atoms with van der Waals surface area (Å²) < 4.78 is 0. The van der Waals surface area contributed by atoms with Gasteiger partial charge in [-0.1, -0.05) is 0 Å². The summed E-state index contributed by atoms with van der Waals surface area (Å²) in [6, 6.07) is 0. The molecule has 0 aliphatic heterocycles. The molecule has 0 fully saturated rings. The maximum absolute atomic E-state index is 8.00. The molecular weight excluding hydrogens is 395 g/mol. The van der Waals surface area contributed by atoms with Gasteiger partial charge in [0.25, 0.3) is 0 Å². The Hall–Kier alpha value is -1.27. The molecule has 96 valence electrons. The van der Waals surface area contributed by atoms with Crippen LogP contribution in [0.4, 0.5) is 0 Å². The molecule has 0 aliphatic carbocycles. The predicted octanol–water partition coefficient (Wildman–Crippen LogP) is -1.01. The van der Waals surface area contributed by atoms with Crippen LogP contribution in [0.5, 0.6) is 0 Å². The molecule has 0 aromatic heterocycles. The molecule has 0 bridgehead atoms. The van der Waals surface area contributed by atoms with Crippen molar-refractivity contribution in [3.05, 3.63) is 36.5 Å². The molecule has 14 heteroatoms. The summed E-state index contributed by atoms with van der Waals surface area (Å²) in [4.78, 5) is 24.0. The van der Waals surface area contributed by atoms with E-state index in [1.807, 2.05) is 0 Å². The zero-order valence-corrected chi connectivity index (χ0v) is 8.46. The molecule has 14 heavy (non-hydrogen) atoms. The van der Waals surface area contributed by atoms with Crippen LogP contribution >= 0.6 is 0 Å². The molecule has 0 rings (SSSR count). The summed E-state index contributed by atoms with van der Waals surface area (Å²) in [5.41, 5.74) is 0. The van der Waals surface area contributed by atoms with Crippen LogP contribution in [-0.4, -0.2) is 16.4 Å². The van der Waals surface area contributed by atoms with Gasteiger partial charge in [0, 0.05) is 21.1 Å². The van der Waals surface area contributed by atoms with E-state index in [-0.39, 0.29) is 43.6 Å². The van der Waals surface area contributed by atoms with Crippen molar-refractivity contribution >= 4 is 0 Å². The minimum absolute atomic E-state index is 0. The fraction of sp³-hybridized carbons (Fsp3) is 0. The van der Waals surface area contributed by atoms with Crippen molar-refractivity contribution in [1.82, 2.24) is 0 Å². The van der Waals surface area contributed by atoms with Crippen LogP contribution in [0.3, 0.4) is 0 Å². The average Bonchev–Trinajstić information content (AvgIpc) is 1.70. The van der Waals surface area contributed by atoms with Crippen LogP contribution < -0.4 is 0 Å². The zero-order valence-electron chi connectivity index (χ0n) is 6.18. The molecule has 0 unspecified atom stereocenters. The largest absolute Gasteiger partial charge is 0.693 e. The first kappa shape index (κ1) is 78.3. The summed E-state index contributed by atoms with van der Waals surface area (Å²) in [6.07, 6.45) is 0. The number of rotatable bonds is 0. The molecule has 13 nitrogen and oxygen atoms in total. The monoisotopic (exact) mass is 403 g/mol. The molecule has 0 spiro atoms. The third-order valence-electron chi connectivity index (χ3n) is 0. The van der Waals surface area contributed by atoms with E-state index in [9.17, 15) is 0 Å². The number of hydrogen-bond acceptors (Lipinski definition) is 9. The van der Waals surface area contributed by atoms with Gasteiger partial charge in [0.05, 0.1) is 0 Å². The first-order valence-electron chi connectivity index (χ1n) is 1.10. The Balaban J connectivity index is -0.00000000545. The van der Waals surface area contributed by atoms with Crippen LogP contribution in [0.2, 0.25) is 0 Å². The van der Waals surface area contributed by atoms with Gasteiger partial charge in [0.2, 0.25) is 0 Å². The molecule has 0 aromatic rings. The van der Waals surface area contributed by atoms with Crippen LogP contribution in [0.1, 0.15) is 0 Å². The Morgan fingerprint density at radius 1 is 0.643 bits per heavy atom. The van der Waals surface area contributed by atoms with Crippen molar-refractivity contribution in [2.24, 2.45) is 16.0 Å². The minimum atomic E-state index is 0. The quantitative estimate of drug-likeness (QED) is 0.360. The van der Waals surface area contributed by atoms with Gasteiger partial charge in [-0.25, -0.2) is 0 Å². The van der Waals surface area contributed by atoms with Gasteiger partial charge in [-0.05, 0) is 0 Å². The molecule has 8 N–H and O–H groups in total. The Kier molecular flexibility index (Phi) is 2530. The Morgan fingerprint density at radius 3 is 0.643 bits per heavy atom. The summed E-state index contributed by atoms with van der Waals surface area (Å²) in [6.45, 7) is 0. The van der Waals surface area contributed by atoms with E-state index < -0.39 is 0 Å². The van der Waals surface area contributed by atoms with Crippen molar-refractivity contribution in [2.75, 3.05) is 0 Å². The van der Waals surface area contributed by atoms with Crippen LogP contribution in [-0.2, 0) is 21.1 Å².